The van der Waals surface area contributed by atoms with Crippen molar-refractivity contribution in [1.29, 1.82) is 0 Å². The zero-order valence-corrected chi connectivity index (χ0v) is 7.33. The Morgan fingerprint density at radius 2 is 2.00 bits per heavy atom. The summed E-state index contributed by atoms with van der Waals surface area (Å²) in [5.41, 5.74) is 5.85. The van der Waals surface area contributed by atoms with E-state index in [4.69, 9.17) is 5.73 Å². The second-order valence-electron chi connectivity index (χ2n) is 3.28. The van der Waals surface area contributed by atoms with E-state index in [1.165, 1.54) is 6.42 Å². The molecule has 0 saturated carbocycles. The monoisotopic (exact) mass is 151 g/mol. The van der Waals surface area contributed by atoms with Crippen LogP contribution < -0.4 is 5.73 Å². The van der Waals surface area contributed by atoms with Crippen molar-refractivity contribution < 1.29 is 0 Å². The topological polar surface area (TPSA) is 26.0 Å². The van der Waals surface area contributed by atoms with Gasteiger partial charge in [0.2, 0.25) is 0 Å². The largest absolute Gasteiger partial charge is 0.327 e. The van der Waals surface area contributed by atoms with Crippen molar-refractivity contribution in [3.8, 4) is 0 Å². The Bertz CT molecular complexity index is 168. The maximum absolute atomic E-state index is 5.85. The molecular weight excluding hydrogens is 134 g/mol. The fraction of sp³-hybridized carbons (Fsp3) is 0.600. The first-order chi connectivity index (χ1) is 5.25. The first-order valence-electron chi connectivity index (χ1n) is 4.36. The van der Waals surface area contributed by atoms with Crippen LogP contribution >= 0.6 is 0 Å². The normalized spacial score (nSPS) is 32.3. The van der Waals surface area contributed by atoms with Gasteiger partial charge in [0.05, 0.1) is 0 Å². The van der Waals surface area contributed by atoms with Gasteiger partial charge >= 0.3 is 0 Å². The molecule has 11 heavy (non-hydrogen) atoms. The quantitative estimate of drug-likeness (QED) is 0.642. The Morgan fingerprint density at radius 3 is 2.45 bits per heavy atom. The van der Waals surface area contributed by atoms with Crippen molar-refractivity contribution in [1.82, 2.24) is 0 Å². The van der Waals surface area contributed by atoms with Gasteiger partial charge in [0.1, 0.15) is 0 Å². The summed E-state index contributed by atoms with van der Waals surface area (Å²) in [6.07, 6.45) is 9.88. The van der Waals surface area contributed by atoms with Gasteiger partial charge < -0.3 is 5.73 Å². The summed E-state index contributed by atoms with van der Waals surface area (Å²) in [7, 11) is 0. The minimum absolute atomic E-state index is 0.279. The summed E-state index contributed by atoms with van der Waals surface area (Å²) in [6, 6.07) is 0.279. The van der Waals surface area contributed by atoms with Crippen LogP contribution in [0.2, 0.25) is 0 Å². The van der Waals surface area contributed by atoms with Gasteiger partial charge in [-0.05, 0) is 25.2 Å². The Morgan fingerprint density at radius 1 is 1.36 bits per heavy atom. The van der Waals surface area contributed by atoms with Crippen molar-refractivity contribution in [2.45, 2.75) is 26.3 Å². The highest BCUT2D eigenvalue weighted by molar-refractivity contribution is 5.15. The number of nitrogens with two attached hydrogens (primary N) is 1. The first-order valence-corrected chi connectivity index (χ1v) is 4.36. The third-order valence-corrected chi connectivity index (χ3v) is 2.38. The average molecular weight is 151 g/mol. The lowest BCUT2D eigenvalue weighted by atomic mass is 9.82. The van der Waals surface area contributed by atoms with Gasteiger partial charge in [-0.1, -0.05) is 31.2 Å². The Balaban J connectivity index is 2.63. The molecule has 1 heteroatoms. The molecule has 1 nitrogen and oxygen atoms in total. The third kappa shape index (κ3) is 1.93. The van der Waals surface area contributed by atoms with Gasteiger partial charge in [0.25, 0.3) is 0 Å². The van der Waals surface area contributed by atoms with E-state index in [1.54, 1.807) is 0 Å². The first kappa shape index (κ1) is 8.54. The van der Waals surface area contributed by atoms with Crippen molar-refractivity contribution in [2.75, 3.05) is 0 Å². The molecule has 0 aromatic heterocycles. The Labute approximate surface area is 69.0 Å². The lowest BCUT2D eigenvalue weighted by Gasteiger charge is -2.25. The number of allylic oxidation sites excluding steroid dienone is 3. The number of rotatable bonds is 2. The van der Waals surface area contributed by atoms with Crippen molar-refractivity contribution in [3.05, 3.63) is 24.3 Å². The fourth-order valence-corrected chi connectivity index (χ4v) is 1.64. The lowest BCUT2D eigenvalue weighted by molar-refractivity contribution is 0.399. The second-order valence-corrected chi connectivity index (χ2v) is 3.28. The van der Waals surface area contributed by atoms with Gasteiger partial charge in [0.15, 0.2) is 0 Å². The summed E-state index contributed by atoms with van der Waals surface area (Å²) >= 11 is 0. The SMILES string of the molecule is CCC1C=CC=CC1C(C)N. The van der Waals surface area contributed by atoms with Crippen LogP contribution in [0.15, 0.2) is 24.3 Å². The van der Waals surface area contributed by atoms with E-state index in [2.05, 4.69) is 38.2 Å². The van der Waals surface area contributed by atoms with E-state index in [-0.39, 0.29) is 6.04 Å². The van der Waals surface area contributed by atoms with Gasteiger partial charge in [-0.15, -0.1) is 0 Å². The molecule has 1 aliphatic carbocycles. The molecule has 1 aliphatic rings. The zero-order chi connectivity index (χ0) is 8.27. The van der Waals surface area contributed by atoms with Crippen LogP contribution in [0.4, 0.5) is 0 Å². The molecule has 0 heterocycles. The van der Waals surface area contributed by atoms with Gasteiger partial charge in [-0.2, -0.15) is 0 Å². The van der Waals surface area contributed by atoms with Crippen LogP contribution in [0.1, 0.15) is 20.3 Å². The van der Waals surface area contributed by atoms with E-state index in [0.717, 1.165) is 0 Å². The van der Waals surface area contributed by atoms with E-state index in [9.17, 15) is 0 Å². The van der Waals surface area contributed by atoms with Crippen molar-refractivity contribution in [3.63, 3.8) is 0 Å². The maximum atomic E-state index is 5.85. The number of hydrogen-bond donors (Lipinski definition) is 1. The Kier molecular flexibility index (Phi) is 2.89. The van der Waals surface area contributed by atoms with E-state index in [1.807, 2.05) is 0 Å². The standard InChI is InChI=1S/C10H17N/c1-3-9-6-4-5-7-10(9)8(2)11/h4-10H,3,11H2,1-2H3. The lowest BCUT2D eigenvalue weighted by Crippen LogP contribution is -2.30. The predicted octanol–water partition coefficient (Wildman–Crippen LogP) is 2.10. The van der Waals surface area contributed by atoms with Crippen LogP contribution in [0.3, 0.4) is 0 Å². The molecule has 3 atom stereocenters. The molecule has 0 aromatic carbocycles. The highest BCUT2D eigenvalue weighted by atomic mass is 14.6. The smallest absolute Gasteiger partial charge is 0.00791 e. The third-order valence-electron chi connectivity index (χ3n) is 2.38. The molecule has 1 rings (SSSR count). The van der Waals surface area contributed by atoms with E-state index < -0.39 is 0 Å². The molecule has 3 unspecified atom stereocenters. The average Bonchev–Trinajstić information content (AvgIpc) is 2.04. The summed E-state index contributed by atoms with van der Waals surface area (Å²) in [6.45, 7) is 4.29. The van der Waals surface area contributed by atoms with Crippen LogP contribution in [-0.2, 0) is 0 Å². The molecule has 0 aliphatic heterocycles. The molecule has 0 aromatic rings. The summed E-state index contributed by atoms with van der Waals surface area (Å²) in [5, 5.41) is 0. The Hall–Kier alpha value is -0.560. The predicted molar refractivity (Wildman–Crippen MR) is 49.2 cm³/mol. The van der Waals surface area contributed by atoms with Crippen molar-refractivity contribution >= 4 is 0 Å². The molecule has 62 valence electrons. The molecule has 0 bridgehead atoms. The second kappa shape index (κ2) is 3.72. The summed E-state index contributed by atoms with van der Waals surface area (Å²) in [5.74, 6) is 1.20. The molecule has 2 N–H and O–H groups in total. The minimum Gasteiger partial charge on any atom is -0.327 e. The van der Waals surface area contributed by atoms with Gasteiger partial charge in [-0.25, -0.2) is 0 Å². The fourth-order valence-electron chi connectivity index (χ4n) is 1.64. The van der Waals surface area contributed by atoms with Crippen molar-refractivity contribution in [2.24, 2.45) is 17.6 Å². The van der Waals surface area contributed by atoms with Crippen LogP contribution in [0.25, 0.3) is 0 Å². The highest BCUT2D eigenvalue weighted by Gasteiger charge is 2.19. The summed E-state index contributed by atoms with van der Waals surface area (Å²) < 4.78 is 0. The molecule has 0 radical (unpaired) electrons. The van der Waals surface area contributed by atoms with Crippen LogP contribution in [-0.4, -0.2) is 6.04 Å². The molecule has 0 amide bonds. The minimum atomic E-state index is 0.279. The summed E-state index contributed by atoms with van der Waals surface area (Å²) in [4.78, 5) is 0. The molecule has 0 fully saturated rings. The number of hydrogen-bond acceptors (Lipinski definition) is 1. The highest BCUT2D eigenvalue weighted by Crippen LogP contribution is 2.24. The van der Waals surface area contributed by atoms with Gasteiger partial charge in [0, 0.05) is 6.04 Å². The molecule has 0 saturated heterocycles. The maximum Gasteiger partial charge on any atom is 0.00791 e. The van der Waals surface area contributed by atoms with Crippen LogP contribution in [0, 0.1) is 11.8 Å². The van der Waals surface area contributed by atoms with E-state index in [0.29, 0.717) is 11.8 Å². The van der Waals surface area contributed by atoms with Crippen LogP contribution in [0.5, 0.6) is 0 Å². The molecular formula is C10H17N. The molecule has 0 spiro atoms. The zero-order valence-electron chi connectivity index (χ0n) is 7.33. The van der Waals surface area contributed by atoms with E-state index >= 15 is 0 Å². The van der Waals surface area contributed by atoms with Gasteiger partial charge in [-0.3, -0.25) is 0 Å².